The van der Waals surface area contributed by atoms with Gasteiger partial charge < -0.3 is 0 Å². The molecule has 2 aromatic rings. The summed E-state index contributed by atoms with van der Waals surface area (Å²) in [4.78, 5) is 8.30. The third-order valence-corrected chi connectivity index (χ3v) is 2.70. The smallest absolute Gasteiger partial charge is 0.124 e. The molecule has 2 nitrogen and oxygen atoms in total. The number of hydrogen-bond donors (Lipinski definition) is 0. The van der Waals surface area contributed by atoms with Crippen LogP contribution in [0.4, 0.5) is 0 Å². The fourth-order valence-corrected chi connectivity index (χ4v) is 1.73. The minimum atomic E-state index is 0.850. The molecule has 0 atom stereocenters. The Bertz CT molecular complexity index is 355. The molecule has 12 heavy (non-hydrogen) atoms. The minimum Gasteiger partial charge on any atom is -0.249 e. The second-order valence-electron chi connectivity index (χ2n) is 2.21. The number of aromatic nitrogens is 2. The maximum atomic E-state index is 4.18. The van der Waals surface area contributed by atoms with Crippen LogP contribution in [0.25, 0.3) is 10.6 Å². The highest BCUT2D eigenvalue weighted by Gasteiger charge is 1.98. The van der Waals surface area contributed by atoms with Gasteiger partial charge in [-0.25, -0.2) is 9.97 Å². The molecule has 0 saturated carbocycles. The predicted octanol–water partition coefficient (Wildman–Crippen LogP) is 2.97. The number of hydrogen-bond acceptors (Lipinski definition) is 3. The lowest BCUT2D eigenvalue weighted by atomic mass is 10.3. The summed E-state index contributed by atoms with van der Waals surface area (Å²) in [6.45, 7) is 0. The van der Waals surface area contributed by atoms with Crippen molar-refractivity contribution in [2.45, 2.75) is 0 Å². The molecule has 0 aliphatic rings. The van der Waals surface area contributed by atoms with Crippen molar-refractivity contribution in [3.63, 3.8) is 0 Å². The van der Waals surface area contributed by atoms with Gasteiger partial charge in [-0.15, -0.1) is 11.3 Å². The van der Waals surface area contributed by atoms with Crippen LogP contribution in [-0.2, 0) is 0 Å². The number of pyridine rings is 1. The Morgan fingerprint density at radius 3 is 2.75 bits per heavy atom. The Kier molecular flexibility index (Phi) is 2.19. The van der Waals surface area contributed by atoms with Crippen molar-refractivity contribution >= 4 is 27.3 Å². The largest absolute Gasteiger partial charge is 0.249 e. The second-order valence-corrected chi connectivity index (χ2v) is 3.91. The van der Waals surface area contributed by atoms with Gasteiger partial charge in [0.05, 0.1) is 0 Å². The van der Waals surface area contributed by atoms with Crippen LogP contribution < -0.4 is 0 Å². The highest BCUT2D eigenvalue weighted by Crippen LogP contribution is 2.21. The van der Waals surface area contributed by atoms with Crippen molar-refractivity contribution in [2.24, 2.45) is 0 Å². The Labute approximate surface area is 82.4 Å². The Morgan fingerprint density at radius 1 is 1.25 bits per heavy atom. The van der Waals surface area contributed by atoms with Crippen molar-refractivity contribution in [1.82, 2.24) is 9.97 Å². The predicted molar refractivity (Wildman–Crippen MR) is 53.0 cm³/mol. The molecule has 0 aliphatic heterocycles. The standard InChI is InChI=1S/C8H5BrN2S/c9-7-2-1-6(5-11-7)8-10-3-4-12-8/h1-5H. The summed E-state index contributed by atoms with van der Waals surface area (Å²) in [5.74, 6) is 0. The molecule has 0 radical (unpaired) electrons. The molecule has 0 bridgehead atoms. The molecule has 2 rings (SSSR count). The van der Waals surface area contributed by atoms with E-state index in [2.05, 4.69) is 25.9 Å². The molecule has 0 aliphatic carbocycles. The van der Waals surface area contributed by atoms with Gasteiger partial charge in [0.1, 0.15) is 9.61 Å². The van der Waals surface area contributed by atoms with E-state index in [0.717, 1.165) is 15.2 Å². The topological polar surface area (TPSA) is 25.8 Å². The highest BCUT2D eigenvalue weighted by molar-refractivity contribution is 9.10. The molecular formula is C8H5BrN2S. The molecule has 0 aromatic carbocycles. The lowest BCUT2D eigenvalue weighted by Gasteiger charge is -1.93. The van der Waals surface area contributed by atoms with Crippen molar-refractivity contribution in [2.75, 3.05) is 0 Å². The molecule has 4 heteroatoms. The number of rotatable bonds is 1. The molecule has 0 spiro atoms. The molecule has 0 saturated heterocycles. The van der Waals surface area contributed by atoms with Crippen LogP contribution in [0.1, 0.15) is 0 Å². The number of thiazole rings is 1. The van der Waals surface area contributed by atoms with Gasteiger partial charge in [-0.1, -0.05) is 0 Å². The first-order chi connectivity index (χ1) is 5.86. The van der Waals surface area contributed by atoms with E-state index in [0.29, 0.717) is 0 Å². The van der Waals surface area contributed by atoms with Crippen molar-refractivity contribution in [3.8, 4) is 10.6 Å². The van der Waals surface area contributed by atoms with E-state index in [-0.39, 0.29) is 0 Å². The van der Waals surface area contributed by atoms with Crippen LogP contribution in [-0.4, -0.2) is 9.97 Å². The molecule has 0 amide bonds. The van der Waals surface area contributed by atoms with Crippen LogP contribution in [0.15, 0.2) is 34.5 Å². The van der Waals surface area contributed by atoms with E-state index < -0.39 is 0 Å². The zero-order valence-corrected chi connectivity index (χ0v) is 8.47. The van der Waals surface area contributed by atoms with E-state index in [4.69, 9.17) is 0 Å². The van der Waals surface area contributed by atoms with E-state index in [1.807, 2.05) is 23.7 Å². The quantitative estimate of drug-likeness (QED) is 0.717. The second kappa shape index (κ2) is 3.33. The van der Waals surface area contributed by atoms with Crippen LogP contribution in [0.2, 0.25) is 0 Å². The minimum absolute atomic E-state index is 0.850. The first-order valence-corrected chi connectivity index (χ1v) is 5.05. The molecule has 0 N–H and O–H groups in total. The maximum Gasteiger partial charge on any atom is 0.124 e. The van der Waals surface area contributed by atoms with Gasteiger partial charge in [-0.05, 0) is 28.1 Å². The summed E-state index contributed by atoms with van der Waals surface area (Å²) in [5.41, 5.74) is 1.06. The van der Waals surface area contributed by atoms with Gasteiger partial charge in [-0.2, -0.15) is 0 Å². The monoisotopic (exact) mass is 240 g/mol. The third-order valence-electron chi connectivity index (χ3n) is 1.41. The van der Waals surface area contributed by atoms with E-state index in [1.54, 1.807) is 17.5 Å². The average Bonchev–Trinajstić information content (AvgIpc) is 2.58. The molecule has 0 fully saturated rings. The zero-order chi connectivity index (χ0) is 8.39. The highest BCUT2D eigenvalue weighted by atomic mass is 79.9. The van der Waals surface area contributed by atoms with Gasteiger partial charge in [0, 0.05) is 23.3 Å². The summed E-state index contributed by atoms with van der Waals surface area (Å²) >= 11 is 4.90. The SMILES string of the molecule is Brc1ccc(-c2nccs2)cn1. The van der Waals surface area contributed by atoms with Crippen LogP contribution in [0.5, 0.6) is 0 Å². The zero-order valence-electron chi connectivity index (χ0n) is 6.07. The number of nitrogens with zero attached hydrogens (tertiary/aromatic N) is 2. The lowest BCUT2D eigenvalue weighted by molar-refractivity contribution is 1.27. The van der Waals surface area contributed by atoms with Crippen LogP contribution in [0, 0.1) is 0 Å². The van der Waals surface area contributed by atoms with Crippen molar-refractivity contribution < 1.29 is 0 Å². The Balaban J connectivity index is 2.43. The summed E-state index contributed by atoms with van der Waals surface area (Å²) in [5, 5.41) is 2.96. The molecule has 60 valence electrons. The first-order valence-electron chi connectivity index (χ1n) is 3.38. The van der Waals surface area contributed by atoms with E-state index >= 15 is 0 Å². The lowest BCUT2D eigenvalue weighted by Crippen LogP contribution is -1.78. The normalized spacial score (nSPS) is 10.1. The Hall–Kier alpha value is -0.740. The van der Waals surface area contributed by atoms with Crippen LogP contribution in [0.3, 0.4) is 0 Å². The van der Waals surface area contributed by atoms with Gasteiger partial charge in [0.25, 0.3) is 0 Å². The van der Waals surface area contributed by atoms with Crippen molar-refractivity contribution in [1.29, 1.82) is 0 Å². The van der Waals surface area contributed by atoms with Gasteiger partial charge >= 0.3 is 0 Å². The first kappa shape index (κ1) is 7.89. The van der Waals surface area contributed by atoms with Crippen molar-refractivity contribution in [3.05, 3.63) is 34.5 Å². The third kappa shape index (κ3) is 1.54. The van der Waals surface area contributed by atoms with Gasteiger partial charge in [-0.3, -0.25) is 0 Å². The Morgan fingerprint density at radius 2 is 2.17 bits per heavy atom. The molecule has 2 heterocycles. The fraction of sp³-hybridized carbons (Fsp3) is 0. The molecular weight excluding hydrogens is 236 g/mol. The summed E-state index contributed by atoms with van der Waals surface area (Å²) in [7, 11) is 0. The molecule has 0 unspecified atom stereocenters. The number of halogens is 1. The average molecular weight is 241 g/mol. The van der Waals surface area contributed by atoms with Gasteiger partial charge in [0.15, 0.2) is 0 Å². The fourth-order valence-electron chi connectivity index (χ4n) is 0.868. The summed E-state index contributed by atoms with van der Waals surface area (Å²) < 4.78 is 0.850. The van der Waals surface area contributed by atoms with E-state index in [1.165, 1.54) is 0 Å². The van der Waals surface area contributed by atoms with E-state index in [9.17, 15) is 0 Å². The maximum absolute atomic E-state index is 4.18. The van der Waals surface area contributed by atoms with Crippen LogP contribution >= 0.6 is 27.3 Å². The molecule has 2 aromatic heterocycles. The summed E-state index contributed by atoms with van der Waals surface area (Å²) in [6, 6.07) is 3.91. The summed E-state index contributed by atoms with van der Waals surface area (Å²) in [6.07, 6.45) is 3.60. The van der Waals surface area contributed by atoms with Gasteiger partial charge in [0.2, 0.25) is 0 Å².